The highest BCUT2D eigenvalue weighted by Gasteiger charge is 2.18. The number of piperidine rings is 1. The lowest BCUT2D eigenvalue weighted by Gasteiger charge is -2.22. The third-order valence-electron chi connectivity index (χ3n) is 5.59. The Morgan fingerprint density at radius 2 is 1.88 bits per heavy atom. The molecular formula is C20H24N6. The summed E-state index contributed by atoms with van der Waals surface area (Å²) in [5, 5.41) is 8.07. The van der Waals surface area contributed by atoms with Gasteiger partial charge in [-0.2, -0.15) is 5.10 Å². The molecule has 26 heavy (non-hydrogen) atoms. The number of anilines is 1. The fourth-order valence-electron chi connectivity index (χ4n) is 4.12. The van der Waals surface area contributed by atoms with E-state index in [4.69, 9.17) is 4.98 Å². The zero-order valence-corrected chi connectivity index (χ0v) is 14.9. The van der Waals surface area contributed by atoms with E-state index in [1.54, 1.807) is 0 Å². The minimum atomic E-state index is 0.492. The second-order valence-corrected chi connectivity index (χ2v) is 7.28. The second-order valence-electron chi connectivity index (χ2n) is 7.28. The maximum absolute atomic E-state index is 4.97. The molecule has 134 valence electrons. The van der Waals surface area contributed by atoms with Gasteiger partial charge in [0, 0.05) is 36.6 Å². The molecule has 5 heterocycles. The molecule has 6 nitrogen and oxygen atoms in total. The first kappa shape index (κ1) is 15.8. The summed E-state index contributed by atoms with van der Waals surface area (Å²) in [5.74, 6) is 1.06. The van der Waals surface area contributed by atoms with Crippen molar-refractivity contribution in [1.82, 2.24) is 25.1 Å². The quantitative estimate of drug-likeness (QED) is 0.788. The van der Waals surface area contributed by atoms with E-state index >= 15 is 0 Å². The number of hydrogen-bond acceptors (Lipinski definition) is 5. The average Bonchev–Trinajstić information content (AvgIpc) is 3.40. The van der Waals surface area contributed by atoms with Crippen LogP contribution in [-0.2, 0) is 0 Å². The molecule has 2 aliphatic rings. The van der Waals surface area contributed by atoms with Gasteiger partial charge < -0.3 is 10.2 Å². The van der Waals surface area contributed by atoms with Gasteiger partial charge in [-0.25, -0.2) is 4.98 Å². The van der Waals surface area contributed by atoms with Gasteiger partial charge in [0.1, 0.15) is 5.82 Å². The van der Waals surface area contributed by atoms with Gasteiger partial charge in [-0.05, 0) is 57.0 Å². The molecule has 2 aliphatic heterocycles. The Hall–Kier alpha value is -2.47. The summed E-state index contributed by atoms with van der Waals surface area (Å²) in [6.45, 7) is 4.33. The number of nitrogens with one attached hydrogen (secondary N) is 1. The number of nitrogens with zero attached hydrogens (tertiary/aromatic N) is 5. The van der Waals surface area contributed by atoms with Gasteiger partial charge in [-0.3, -0.25) is 9.67 Å². The van der Waals surface area contributed by atoms with Crippen LogP contribution < -0.4 is 10.2 Å². The van der Waals surface area contributed by atoms with E-state index in [9.17, 15) is 0 Å². The van der Waals surface area contributed by atoms with E-state index in [1.165, 1.54) is 12.8 Å². The lowest BCUT2D eigenvalue weighted by molar-refractivity contribution is 0.343. The zero-order chi connectivity index (χ0) is 17.3. The molecule has 0 unspecified atom stereocenters. The van der Waals surface area contributed by atoms with Crippen LogP contribution >= 0.6 is 0 Å². The third-order valence-corrected chi connectivity index (χ3v) is 5.59. The highest BCUT2D eigenvalue weighted by Crippen LogP contribution is 2.30. The molecular weight excluding hydrogens is 324 g/mol. The van der Waals surface area contributed by atoms with Gasteiger partial charge in [0.05, 0.1) is 23.3 Å². The second kappa shape index (κ2) is 6.68. The van der Waals surface area contributed by atoms with Crippen molar-refractivity contribution in [3.8, 4) is 11.1 Å². The standard InChI is InChI=1S/C20H24N6/c1-2-12-25(11-1)19-4-3-18-20(24-19)17(7-10-22-18)15-13-23-26(14-15)16-5-8-21-9-6-16/h3-4,7,10,13-14,16,21H,1-2,5-6,8-9,11-12H2. The highest BCUT2D eigenvalue weighted by molar-refractivity contribution is 5.91. The van der Waals surface area contributed by atoms with Crippen LogP contribution in [0.1, 0.15) is 31.7 Å². The third kappa shape index (κ3) is 2.84. The molecule has 3 aromatic heterocycles. The van der Waals surface area contributed by atoms with Crippen molar-refractivity contribution in [3.63, 3.8) is 0 Å². The van der Waals surface area contributed by atoms with Crippen molar-refractivity contribution in [2.24, 2.45) is 0 Å². The molecule has 0 aromatic carbocycles. The van der Waals surface area contributed by atoms with Gasteiger partial charge in [0.15, 0.2) is 0 Å². The van der Waals surface area contributed by atoms with Gasteiger partial charge >= 0.3 is 0 Å². The number of hydrogen-bond donors (Lipinski definition) is 1. The molecule has 3 aromatic rings. The van der Waals surface area contributed by atoms with E-state index in [-0.39, 0.29) is 0 Å². The van der Waals surface area contributed by atoms with E-state index in [0.717, 1.165) is 67.0 Å². The van der Waals surface area contributed by atoms with E-state index in [2.05, 4.69) is 49.4 Å². The molecule has 0 amide bonds. The molecule has 2 fully saturated rings. The van der Waals surface area contributed by atoms with E-state index in [0.29, 0.717) is 6.04 Å². The first-order chi connectivity index (χ1) is 12.9. The van der Waals surface area contributed by atoms with Crippen molar-refractivity contribution >= 4 is 16.9 Å². The fraction of sp³-hybridized carbons (Fsp3) is 0.450. The predicted octanol–water partition coefficient (Wildman–Crippen LogP) is 3.02. The smallest absolute Gasteiger partial charge is 0.129 e. The maximum Gasteiger partial charge on any atom is 0.129 e. The van der Waals surface area contributed by atoms with Crippen LogP contribution in [0.15, 0.2) is 36.8 Å². The topological polar surface area (TPSA) is 58.9 Å². The van der Waals surface area contributed by atoms with Crippen LogP contribution in [0, 0.1) is 0 Å². The Morgan fingerprint density at radius 1 is 1.04 bits per heavy atom. The summed E-state index contributed by atoms with van der Waals surface area (Å²) < 4.78 is 2.13. The van der Waals surface area contributed by atoms with Crippen LogP contribution in [0.5, 0.6) is 0 Å². The average molecular weight is 348 g/mol. The van der Waals surface area contributed by atoms with Gasteiger partial charge in [-0.1, -0.05) is 0 Å². The molecule has 0 aliphatic carbocycles. The minimum absolute atomic E-state index is 0.492. The Balaban J connectivity index is 1.53. The summed E-state index contributed by atoms with van der Waals surface area (Å²) in [6.07, 6.45) is 10.8. The number of rotatable bonds is 3. The summed E-state index contributed by atoms with van der Waals surface area (Å²) >= 11 is 0. The molecule has 0 bridgehead atoms. The van der Waals surface area contributed by atoms with Crippen molar-refractivity contribution in [2.75, 3.05) is 31.1 Å². The first-order valence-corrected chi connectivity index (χ1v) is 9.64. The van der Waals surface area contributed by atoms with Crippen molar-refractivity contribution in [1.29, 1.82) is 0 Å². The van der Waals surface area contributed by atoms with Gasteiger partial charge in [-0.15, -0.1) is 0 Å². The van der Waals surface area contributed by atoms with Crippen molar-refractivity contribution in [3.05, 3.63) is 36.8 Å². The van der Waals surface area contributed by atoms with Gasteiger partial charge in [0.2, 0.25) is 0 Å². The first-order valence-electron chi connectivity index (χ1n) is 9.64. The molecule has 6 heteroatoms. The zero-order valence-electron chi connectivity index (χ0n) is 14.9. The number of fused-ring (bicyclic) bond motifs is 1. The Kier molecular flexibility index (Phi) is 4.05. The summed E-state index contributed by atoms with van der Waals surface area (Å²) in [7, 11) is 0. The van der Waals surface area contributed by atoms with Crippen LogP contribution in [0.4, 0.5) is 5.82 Å². The lowest BCUT2D eigenvalue weighted by atomic mass is 10.1. The van der Waals surface area contributed by atoms with Crippen LogP contribution in [0.25, 0.3) is 22.2 Å². The SMILES string of the molecule is c1cc(-c2cnn(C3CCNCC3)c2)c2nc(N3CCCC3)ccc2n1. The van der Waals surface area contributed by atoms with Crippen molar-refractivity contribution < 1.29 is 0 Å². The molecule has 0 radical (unpaired) electrons. The van der Waals surface area contributed by atoms with E-state index in [1.807, 2.05) is 12.4 Å². The summed E-state index contributed by atoms with van der Waals surface area (Å²) in [4.78, 5) is 11.9. The molecule has 0 atom stereocenters. The molecule has 2 saturated heterocycles. The molecule has 0 saturated carbocycles. The minimum Gasteiger partial charge on any atom is -0.357 e. The Morgan fingerprint density at radius 3 is 2.73 bits per heavy atom. The Labute approximate surface area is 153 Å². The lowest BCUT2D eigenvalue weighted by Crippen LogP contribution is -2.29. The largest absolute Gasteiger partial charge is 0.357 e. The summed E-state index contributed by atoms with van der Waals surface area (Å²) in [6, 6.07) is 6.75. The maximum atomic E-state index is 4.97. The fourth-order valence-corrected chi connectivity index (χ4v) is 4.12. The Bertz CT molecular complexity index is 906. The molecule has 5 rings (SSSR count). The highest BCUT2D eigenvalue weighted by atomic mass is 15.3. The monoisotopic (exact) mass is 348 g/mol. The number of aromatic nitrogens is 4. The molecule has 1 N–H and O–H groups in total. The molecule has 0 spiro atoms. The van der Waals surface area contributed by atoms with E-state index < -0.39 is 0 Å². The van der Waals surface area contributed by atoms with Crippen molar-refractivity contribution in [2.45, 2.75) is 31.7 Å². The van der Waals surface area contributed by atoms with Gasteiger partial charge in [0.25, 0.3) is 0 Å². The van der Waals surface area contributed by atoms with Crippen LogP contribution in [0.3, 0.4) is 0 Å². The predicted molar refractivity (Wildman–Crippen MR) is 103 cm³/mol. The normalized spacial score (nSPS) is 18.7. The summed E-state index contributed by atoms with van der Waals surface area (Å²) in [5.41, 5.74) is 4.17. The number of pyridine rings is 2. The van der Waals surface area contributed by atoms with Crippen LogP contribution in [-0.4, -0.2) is 45.9 Å². The van der Waals surface area contributed by atoms with Crippen LogP contribution in [0.2, 0.25) is 0 Å².